The molecule has 0 fully saturated rings. The van der Waals surface area contributed by atoms with Gasteiger partial charge in [0, 0.05) is 11.6 Å². The van der Waals surface area contributed by atoms with Gasteiger partial charge in [0.05, 0.1) is 23.6 Å². The highest BCUT2D eigenvalue weighted by atomic mass is 35.5. The van der Waals surface area contributed by atoms with E-state index in [0.717, 1.165) is 22.4 Å². The lowest BCUT2D eigenvalue weighted by molar-refractivity contribution is -0.123. The summed E-state index contributed by atoms with van der Waals surface area (Å²) in [5, 5.41) is 11.5. The first kappa shape index (κ1) is 20.3. The largest absolute Gasteiger partial charge is 0.348 e. The Hall–Kier alpha value is -3.00. The molecular formula is C21H21ClFN5O2. The van der Waals surface area contributed by atoms with Crippen LogP contribution in [0.5, 0.6) is 0 Å². The third-order valence-electron chi connectivity index (χ3n) is 5.19. The van der Waals surface area contributed by atoms with Crippen molar-refractivity contribution in [3.8, 4) is 5.69 Å². The Morgan fingerprint density at radius 3 is 2.90 bits per heavy atom. The summed E-state index contributed by atoms with van der Waals surface area (Å²) in [4.78, 5) is 24.6. The Morgan fingerprint density at radius 1 is 1.33 bits per heavy atom. The number of nitrogens with zero attached hydrogens (tertiary/aromatic N) is 4. The minimum Gasteiger partial charge on any atom is -0.348 e. The molecule has 30 heavy (non-hydrogen) atoms. The smallest absolute Gasteiger partial charge is 0.267 e. The van der Waals surface area contributed by atoms with Gasteiger partial charge in [-0.3, -0.25) is 9.59 Å². The molecular weight excluding hydrogens is 409 g/mol. The van der Waals surface area contributed by atoms with Crippen molar-refractivity contribution in [2.75, 3.05) is 0 Å². The number of amides is 1. The maximum atomic E-state index is 13.7. The molecule has 0 aliphatic heterocycles. The lowest BCUT2D eigenvalue weighted by Crippen LogP contribution is -2.39. The molecule has 2 heterocycles. The van der Waals surface area contributed by atoms with Crippen molar-refractivity contribution < 1.29 is 9.18 Å². The van der Waals surface area contributed by atoms with Crippen LogP contribution in [-0.2, 0) is 17.8 Å². The topological polar surface area (TPSA) is 81.8 Å². The van der Waals surface area contributed by atoms with Gasteiger partial charge in [0.25, 0.3) is 5.56 Å². The minimum absolute atomic E-state index is 0.110. The van der Waals surface area contributed by atoms with Gasteiger partial charge in [0.2, 0.25) is 5.91 Å². The molecule has 7 nitrogen and oxygen atoms in total. The molecule has 4 rings (SSSR count). The first-order valence-corrected chi connectivity index (χ1v) is 9.95. The molecule has 1 aliphatic rings. The van der Waals surface area contributed by atoms with Crippen LogP contribution >= 0.6 is 11.6 Å². The van der Waals surface area contributed by atoms with Crippen molar-refractivity contribution in [2.45, 2.75) is 39.3 Å². The molecule has 9 heteroatoms. The average molecular weight is 430 g/mol. The fourth-order valence-corrected chi connectivity index (χ4v) is 4.07. The molecule has 1 amide bonds. The van der Waals surface area contributed by atoms with Crippen LogP contribution in [-0.4, -0.2) is 25.5 Å². The van der Waals surface area contributed by atoms with E-state index in [1.807, 2.05) is 0 Å². The summed E-state index contributed by atoms with van der Waals surface area (Å²) in [5.41, 5.74) is 1.94. The zero-order valence-corrected chi connectivity index (χ0v) is 17.4. The van der Waals surface area contributed by atoms with Gasteiger partial charge in [-0.05, 0) is 42.5 Å². The molecule has 3 aromatic rings. The molecule has 1 atom stereocenters. The second-order valence-corrected chi connectivity index (χ2v) is 8.64. The SMILES string of the molecule is CC1(C)Cc2c(cnn2-c2cccc(F)c2)C(NC(=O)Cn2nc(Cl)ccc2=O)C1. The highest BCUT2D eigenvalue weighted by Gasteiger charge is 2.36. The molecule has 0 saturated heterocycles. The fourth-order valence-electron chi connectivity index (χ4n) is 3.91. The number of hydrogen-bond acceptors (Lipinski definition) is 4. The van der Waals surface area contributed by atoms with Crippen molar-refractivity contribution in [2.24, 2.45) is 5.41 Å². The van der Waals surface area contributed by atoms with E-state index >= 15 is 0 Å². The third kappa shape index (κ3) is 4.14. The number of nitrogens with one attached hydrogen (secondary N) is 1. The number of fused-ring (bicyclic) bond motifs is 1. The molecule has 1 aliphatic carbocycles. The van der Waals surface area contributed by atoms with Crippen LogP contribution in [0.2, 0.25) is 5.15 Å². The summed E-state index contributed by atoms with van der Waals surface area (Å²) in [7, 11) is 0. The molecule has 0 saturated carbocycles. The van der Waals surface area contributed by atoms with Crippen molar-refractivity contribution in [1.82, 2.24) is 24.9 Å². The van der Waals surface area contributed by atoms with E-state index in [4.69, 9.17) is 11.6 Å². The fraction of sp³-hybridized carbons (Fsp3) is 0.333. The predicted molar refractivity (Wildman–Crippen MR) is 110 cm³/mol. The lowest BCUT2D eigenvalue weighted by Gasteiger charge is -2.36. The standard InChI is InChI=1S/C21H21ClFN5O2/c1-21(2)9-16(25-19(29)12-27-20(30)7-6-18(22)26-27)15-11-24-28(17(15)10-21)14-5-3-4-13(23)8-14/h3-8,11,16H,9-10,12H2,1-2H3,(H,25,29). The van der Waals surface area contributed by atoms with Gasteiger partial charge < -0.3 is 5.32 Å². The number of benzene rings is 1. The van der Waals surface area contributed by atoms with Crippen LogP contribution in [0, 0.1) is 11.2 Å². The van der Waals surface area contributed by atoms with Gasteiger partial charge in [-0.25, -0.2) is 13.8 Å². The van der Waals surface area contributed by atoms with Crippen LogP contribution in [0.1, 0.15) is 37.6 Å². The predicted octanol–water partition coefficient (Wildman–Crippen LogP) is 3.05. The van der Waals surface area contributed by atoms with Crippen LogP contribution in [0.15, 0.2) is 47.4 Å². The van der Waals surface area contributed by atoms with Crippen LogP contribution in [0.3, 0.4) is 0 Å². The Bertz CT molecular complexity index is 1170. The van der Waals surface area contributed by atoms with E-state index < -0.39 is 5.56 Å². The second kappa shape index (κ2) is 7.68. The number of hydrogen-bond donors (Lipinski definition) is 1. The van der Waals surface area contributed by atoms with Crippen molar-refractivity contribution >= 4 is 17.5 Å². The molecule has 2 aromatic heterocycles. The number of carbonyl (C=O) groups is 1. The Balaban J connectivity index is 1.62. The van der Waals surface area contributed by atoms with Gasteiger partial charge in [-0.2, -0.15) is 10.2 Å². The zero-order valence-electron chi connectivity index (χ0n) is 16.6. The Kier molecular flexibility index (Phi) is 5.19. The number of halogens is 2. The van der Waals surface area contributed by atoms with Gasteiger partial charge >= 0.3 is 0 Å². The summed E-state index contributed by atoms with van der Waals surface area (Å²) < 4.78 is 16.5. The van der Waals surface area contributed by atoms with Crippen LogP contribution < -0.4 is 10.9 Å². The molecule has 156 valence electrons. The highest BCUT2D eigenvalue weighted by Crippen LogP contribution is 2.41. The van der Waals surface area contributed by atoms with Crippen molar-refractivity contribution in [1.29, 1.82) is 0 Å². The number of rotatable bonds is 4. The lowest BCUT2D eigenvalue weighted by atomic mass is 9.74. The summed E-state index contributed by atoms with van der Waals surface area (Å²) in [6.07, 6.45) is 3.16. The van der Waals surface area contributed by atoms with Crippen LogP contribution in [0.4, 0.5) is 4.39 Å². The summed E-state index contributed by atoms with van der Waals surface area (Å²) in [6.45, 7) is 3.99. The Morgan fingerprint density at radius 2 is 2.13 bits per heavy atom. The number of aromatic nitrogens is 4. The highest BCUT2D eigenvalue weighted by molar-refractivity contribution is 6.29. The summed E-state index contributed by atoms with van der Waals surface area (Å²) in [6, 6.07) is 8.62. The molecule has 0 radical (unpaired) electrons. The van der Waals surface area contributed by atoms with Gasteiger partial charge in [-0.1, -0.05) is 31.5 Å². The van der Waals surface area contributed by atoms with Gasteiger partial charge in [-0.15, -0.1) is 0 Å². The maximum Gasteiger partial charge on any atom is 0.267 e. The average Bonchev–Trinajstić information content (AvgIpc) is 3.07. The van der Waals surface area contributed by atoms with Crippen LogP contribution in [0.25, 0.3) is 5.69 Å². The van der Waals surface area contributed by atoms with E-state index in [2.05, 4.69) is 29.4 Å². The molecule has 1 N–H and O–H groups in total. The minimum atomic E-state index is -0.405. The summed E-state index contributed by atoms with van der Waals surface area (Å²) in [5.74, 6) is -0.685. The molecule has 1 unspecified atom stereocenters. The normalized spacial score (nSPS) is 17.4. The first-order chi connectivity index (χ1) is 14.2. The number of carbonyl (C=O) groups excluding carboxylic acids is 1. The van der Waals surface area contributed by atoms with Crippen molar-refractivity contribution in [3.05, 3.63) is 75.2 Å². The summed E-state index contributed by atoms with van der Waals surface area (Å²) >= 11 is 5.83. The zero-order chi connectivity index (χ0) is 21.5. The first-order valence-electron chi connectivity index (χ1n) is 9.58. The van der Waals surface area contributed by atoms with Crippen molar-refractivity contribution in [3.63, 3.8) is 0 Å². The van der Waals surface area contributed by atoms with E-state index in [-0.39, 0.29) is 34.9 Å². The molecule has 0 spiro atoms. The molecule has 1 aromatic carbocycles. The molecule has 0 bridgehead atoms. The van der Waals surface area contributed by atoms with E-state index in [9.17, 15) is 14.0 Å². The Labute approximate surface area is 177 Å². The van der Waals surface area contributed by atoms with E-state index in [1.165, 1.54) is 24.3 Å². The third-order valence-corrected chi connectivity index (χ3v) is 5.40. The van der Waals surface area contributed by atoms with Gasteiger partial charge in [0.1, 0.15) is 17.5 Å². The maximum absolute atomic E-state index is 13.7. The van der Waals surface area contributed by atoms with Gasteiger partial charge in [0.15, 0.2) is 0 Å². The van der Waals surface area contributed by atoms with E-state index in [0.29, 0.717) is 12.1 Å². The quantitative estimate of drug-likeness (QED) is 0.691. The van der Waals surface area contributed by atoms with E-state index in [1.54, 1.807) is 23.0 Å². The second-order valence-electron chi connectivity index (χ2n) is 8.26. The monoisotopic (exact) mass is 429 g/mol.